The lowest BCUT2D eigenvalue weighted by molar-refractivity contribution is 0.659. The van der Waals surface area contributed by atoms with E-state index in [0.29, 0.717) is 0 Å². The van der Waals surface area contributed by atoms with Crippen LogP contribution in [0.5, 0.6) is 0 Å². The molecule has 2 aromatic rings. The van der Waals surface area contributed by atoms with Crippen molar-refractivity contribution < 1.29 is 0 Å². The van der Waals surface area contributed by atoms with Crippen molar-refractivity contribution in [3.8, 4) is 0 Å². The van der Waals surface area contributed by atoms with Crippen LogP contribution in [0.3, 0.4) is 0 Å². The van der Waals surface area contributed by atoms with E-state index in [-0.39, 0.29) is 0 Å². The summed E-state index contributed by atoms with van der Waals surface area (Å²) in [4.78, 5) is 10.5. The molecule has 2 rings (SSSR count). The Morgan fingerprint density at radius 3 is 2.76 bits per heavy atom. The molecule has 0 bridgehead atoms. The molecule has 0 fully saturated rings. The lowest BCUT2D eigenvalue weighted by atomic mass is 10.2. The van der Waals surface area contributed by atoms with Crippen molar-refractivity contribution in [1.82, 2.24) is 15.3 Å². The van der Waals surface area contributed by atoms with E-state index in [9.17, 15) is 0 Å². The summed E-state index contributed by atoms with van der Waals surface area (Å²) in [5.74, 6) is 1.72. The third kappa shape index (κ3) is 5.48. The lowest BCUT2D eigenvalue weighted by Crippen LogP contribution is -2.15. The normalized spacial score (nSPS) is 10.8. The summed E-state index contributed by atoms with van der Waals surface area (Å²) < 4.78 is 0. The van der Waals surface area contributed by atoms with Gasteiger partial charge in [0, 0.05) is 17.1 Å². The van der Waals surface area contributed by atoms with Crippen LogP contribution in [0, 0.1) is 13.8 Å². The van der Waals surface area contributed by atoms with Gasteiger partial charge in [-0.25, -0.2) is 9.97 Å². The van der Waals surface area contributed by atoms with E-state index in [4.69, 9.17) is 0 Å². The number of hydrogen-bond acceptors (Lipinski definition) is 4. The summed E-state index contributed by atoms with van der Waals surface area (Å²) in [5, 5.41) is 3.39. The van der Waals surface area contributed by atoms with Gasteiger partial charge < -0.3 is 5.32 Å². The predicted molar refractivity (Wildman–Crippen MR) is 89.5 cm³/mol. The first kappa shape index (κ1) is 16.0. The third-order valence-corrected chi connectivity index (χ3v) is 4.03. The van der Waals surface area contributed by atoms with Crippen LogP contribution in [-0.2, 0) is 12.3 Å². The molecule has 112 valence electrons. The van der Waals surface area contributed by atoms with E-state index in [2.05, 4.69) is 59.5 Å². The van der Waals surface area contributed by atoms with E-state index in [1.54, 1.807) is 11.8 Å². The third-order valence-electron chi connectivity index (χ3n) is 3.04. The van der Waals surface area contributed by atoms with Gasteiger partial charge in [-0.1, -0.05) is 24.6 Å². The number of thioether (sulfide) groups is 1. The Balaban J connectivity index is 1.99. The topological polar surface area (TPSA) is 37.8 Å². The zero-order valence-electron chi connectivity index (χ0n) is 13.0. The van der Waals surface area contributed by atoms with Crippen LogP contribution in [0.15, 0.2) is 35.2 Å². The number of benzene rings is 1. The van der Waals surface area contributed by atoms with Gasteiger partial charge in [0.15, 0.2) is 0 Å². The van der Waals surface area contributed by atoms with Gasteiger partial charge in [-0.2, -0.15) is 0 Å². The molecule has 0 aliphatic heterocycles. The number of rotatable bonds is 7. The molecule has 0 saturated heterocycles. The van der Waals surface area contributed by atoms with Gasteiger partial charge in [0.1, 0.15) is 5.82 Å². The lowest BCUT2D eigenvalue weighted by Gasteiger charge is -2.07. The second kappa shape index (κ2) is 8.15. The summed E-state index contributed by atoms with van der Waals surface area (Å²) in [7, 11) is 0. The fourth-order valence-electron chi connectivity index (χ4n) is 2.10. The number of nitrogens with zero attached hydrogens (tertiary/aromatic N) is 2. The first-order chi connectivity index (χ1) is 10.2. The van der Waals surface area contributed by atoms with Gasteiger partial charge in [-0.05, 0) is 45.0 Å². The highest BCUT2D eigenvalue weighted by Crippen LogP contribution is 2.22. The molecule has 0 spiro atoms. The summed E-state index contributed by atoms with van der Waals surface area (Å²) in [6.45, 7) is 8.16. The summed E-state index contributed by atoms with van der Waals surface area (Å²) in [5.41, 5.74) is 3.41. The Morgan fingerprint density at radius 2 is 2.00 bits per heavy atom. The molecule has 0 unspecified atom stereocenters. The van der Waals surface area contributed by atoms with Gasteiger partial charge in [0.05, 0.1) is 11.4 Å². The second-order valence-electron chi connectivity index (χ2n) is 5.20. The van der Waals surface area contributed by atoms with Crippen molar-refractivity contribution in [3.63, 3.8) is 0 Å². The van der Waals surface area contributed by atoms with Crippen molar-refractivity contribution in [2.75, 3.05) is 6.54 Å². The smallest absolute Gasteiger partial charge is 0.139 e. The van der Waals surface area contributed by atoms with Gasteiger partial charge in [-0.3, -0.25) is 0 Å². The SMILES string of the molecule is CCCNCc1cc(C)nc(CSc2cccc(C)c2)n1. The molecule has 0 saturated carbocycles. The van der Waals surface area contributed by atoms with Crippen LogP contribution in [-0.4, -0.2) is 16.5 Å². The maximum Gasteiger partial charge on any atom is 0.139 e. The molecule has 0 atom stereocenters. The quantitative estimate of drug-likeness (QED) is 0.622. The van der Waals surface area contributed by atoms with Crippen LogP contribution >= 0.6 is 11.8 Å². The van der Waals surface area contributed by atoms with Crippen LogP contribution in [0.4, 0.5) is 0 Å². The molecule has 3 nitrogen and oxygen atoms in total. The standard InChI is InChI=1S/C17H23N3S/c1-4-8-18-11-15-10-14(3)19-17(20-15)12-21-16-7-5-6-13(2)9-16/h5-7,9-10,18H,4,8,11-12H2,1-3H3. The van der Waals surface area contributed by atoms with Crippen molar-refractivity contribution >= 4 is 11.8 Å². The monoisotopic (exact) mass is 301 g/mol. The maximum absolute atomic E-state index is 4.65. The van der Waals surface area contributed by atoms with Crippen LogP contribution in [0.1, 0.15) is 36.1 Å². The summed E-state index contributed by atoms with van der Waals surface area (Å²) >= 11 is 1.79. The Labute approximate surface area is 131 Å². The van der Waals surface area contributed by atoms with E-state index in [1.165, 1.54) is 10.5 Å². The molecule has 0 radical (unpaired) electrons. The minimum Gasteiger partial charge on any atom is -0.311 e. The highest BCUT2D eigenvalue weighted by Gasteiger charge is 2.04. The second-order valence-corrected chi connectivity index (χ2v) is 6.25. The average molecular weight is 301 g/mol. The first-order valence-electron chi connectivity index (χ1n) is 7.41. The molecular weight excluding hydrogens is 278 g/mol. The fraction of sp³-hybridized carbons (Fsp3) is 0.412. The van der Waals surface area contributed by atoms with Crippen molar-refractivity contribution in [3.05, 3.63) is 53.1 Å². The molecule has 0 aliphatic carbocycles. The van der Waals surface area contributed by atoms with E-state index < -0.39 is 0 Å². The Kier molecular flexibility index (Phi) is 6.21. The van der Waals surface area contributed by atoms with Crippen molar-refractivity contribution in [1.29, 1.82) is 0 Å². The Morgan fingerprint density at radius 1 is 1.14 bits per heavy atom. The summed E-state index contributed by atoms with van der Waals surface area (Å²) in [6.07, 6.45) is 1.14. The van der Waals surface area contributed by atoms with Crippen LogP contribution in [0.2, 0.25) is 0 Å². The highest BCUT2D eigenvalue weighted by atomic mass is 32.2. The van der Waals surface area contributed by atoms with Gasteiger partial charge in [0.2, 0.25) is 0 Å². The number of aryl methyl sites for hydroxylation is 2. The van der Waals surface area contributed by atoms with Gasteiger partial charge >= 0.3 is 0 Å². The van der Waals surface area contributed by atoms with Crippen molar-refractivity contribution in [2.24, 2.45) is 0 Å². The molecule has 1 aromatic carbocycles. The van der Waals surface area contributed by atoms with Crippen LogP contribution < -0.4 is 5.32 Å². The number of nitrogens with one attached hydrogen (secondary N) is 1. The minimum absolute atomic E-state index is 0.811. The van der Waals surface area contributed by atoms with Gasteiger partial charge in [-0.15, -0.1) is 11.8 Å². The highest BCUT2D eigenvalue weighted by molar-refractivity contribution is 7.98. The largest absolute Gasteiger partial charge is 0.311 e. The van der Waals surface area contributed by atoms with E-state index in [0.717, 1.165) is 42.5 Å². The number of aromatic nitrogens is 2. The summed E-state index contributed by atoms with van der Waals surface area (Å²) in [6, 6.07) is 10.6. The minimum atomic E-state index is 0.811. The zero-order valence-corrected chi connectivity index (χ0v) is 13.8. The fourth-order valence-corrected chi connectivity index (χ4v) is 2.97. The van der Waals surface area contributed by atoms with Gasteiger partial charge in [0.25, 0.3) is 0 Å². The van der Waals surface area contributed by atoms with E-state index >= 15 is 0 Å². The maximum atomic E-state index is 4.65. The zero-order chi connectivity index (χ0) is 15.1. The molecule has 1 heterocycles. The first-order valence-corrected chi connectivity index (χ1v) is 8.39. The number of hydrogen-bond donors (Lipinski definition) is 1. The van der Waals surface area contributed by atoms with Crippen molar-refractivity contribution in [2.45, 2.75) is 44.4 Å². The molecule has 0 aliphatic rings. The van der Waals surface area contributed by atoms with Crippen LogP contribution in [0.25, 0.3) is 0 Å². The Hall–Kier alpha value is -1.39. The predicted octanol–water partition coefficient (Wildman–Crippen LogP) is 3.89. The molecular formula is C17H23N3S. The average Bonchev–Trinajstić information content (AvgIpc) is 2.45. The van der Waals surface area contributed by atoms with E-state index in [1.807, 2.05) is 6.92 Å². The Bertz CT molecular complexity index is 584. The molecule has 1 aromatic heterocycles. The molecule has 4 heteroatoms. The molecule has 21 heavy (non-hydrogen) atoms. The molecule has 0 amide bonds. The molecule has 1 N–H and O–H groups in total.